The highest BCUT2D eigenvalue weighted by Crippen LogP contribution is 2.26. The van der Waals surface area contributed by atoms with E-state index in [-0.39, 0.29) is 18.1 Å². The van der Waals surface area contributed by atoms with Gasteiger partial charge in [-0.25, -0.2) is 9.07 Å². The van der Waals surface area contributed by atoms with Crippen molar-refractivity contribution in [1.29, 1.82) is 0 Å². The second-order valence-corrected chi connectivity index (χ2v) is 6.63. The fourth-order valence-electron chi connectivity index (χ4n) is 2.89. The number of hydrogen-bond acceptors (Lipinski definition) is 4. The second-order valence-electron chi connectivity index (χ2n) is 6.19. The van der Waals surface area contributed by atoms with Crippen molar-refractivity contribution in [2.45, 2.75) is 6.54 Å². The first kappa shape index (κ1) is 18.8. The second kappa shape index (κ2) is 8.20. The Morgan fingerprint density at radius 3 is 2.72 bits per heavy atom. The Balaban J connectivity index is 1.72. The maximum Gasteiger partial charge on any atom is 0.274 e. The van der Waals surface area contributed by atoms with E-state index in [1.54, 1.807) is 60.9 Å². The third-order valence-electron chi connectivity index (χ3n) is 4.27. The third kappa shape index (κ3) is 4.00. The van der Waals surface area contributed by atoms with Gasteiger partial charge in [-0.15, -0.1) is 5.10 Å². The lowest BCUT2D eigenvalue weighted by Gasteiger charge is -2.09. The minimum atomic E-state index is -0.472. The molecule has 0 aliphatic carbocycles. The van der Waals surface area contributed by atoms with Crippen LogP contribution in [0.15, 0.2) is 73.1 Å². The number of carbonyl (C=O) groups is 1. The maximum absolute atomic E-state index is 13.8. The van der Waals surface area contributed by atoms with Crippen molar-refractivity contribution in [2.24, 2.45) is 0 Å². The molecule has 0 bridgehead atoms. The lowest BCUT2D eigenvalue weighted by Crippen LogP contribution is -2.24. The van der Waals surface area contributed by atoms with Gasteiger partial charge in [0.25, 0.3) is 5.91 Å². The van der Waals surface area contributed by atoms with Crippen LogP contribution in [-0.2, 0) is 6.54 Å². The van der Waals surface area contributed by atoms with Crippen LogP contribution in [0.3, 0.4) is 0 Å². The molecular formula is C21H15ClFN5O. The summed E-state index contributed by atoms with van der Waals surface area (Å²) in [5, 5.41) is 11.4. The first-order valence-electron chi connectivity index (χ1n) is 8.77. The predicted molar refractivity (Wildman–Crippen MR) is 107 cm³/mol. The Hall–Kier alpha value is -3.58. The van der Waals surface area contributed by atoms with Crippen LogP contribution in [0.25, 0.3) is 16.9 Å². The lowest BCUT2D eigenvalue weighted by molar-refractivity contribution is 0.0946. The zero-order valence-electron chi connectivity index (χ0n) is 15.1. The molecule has 29 heavy (non-hydrogen) atoms. The minimum absolute atomic E-state index is 0.0298. The van der Waals surface area contributed by atoms with Crippen LogP contribution in [0.2, 0.25) is 5.02 Å². The lowest BCUT2D eigenvalue weighted by atomic mass is 10.1. The van der Waals surface area contributed by atoms with Crippen molar-refractivity contribution in [3.8, 4) is 16.9 Å². The Kier molecular flexibility index (Phi) is 5.31. The van der Waals surface area contributed by atoms with Crippen LogP contribution in [-0.4, -0.2) is 25.9 Å². The molecule has 0 unspecified atom stereocenters. The van der Waals surface area contributed by atoms with Crippen molar-refractivity contribution in [3.05, 3.63) is 95.2 Å². The van der Waals surface area contributed by atoms with Crippen molar-refractivity contribution in [2.75, 3.05) is 0 Å². The van der Waals surface area contributed by atoms with E-state index in [1.807, 2.05) is 6.07 Å². The first-order chi connectivity index (χ1) is 14.1. The Bertz CT molecular complexity index is 1160. The fraction of sp³-hybridized carbons (Fsp3) is 0.0476. The van der Waals surface area contributed by atoms with Gasteiger partial charge < -0.3 is 5.32 Å². The van der Waals surface area contributed by atoms with Crippen LogP contribution < -0.4 is 5.32 Å². The van der Waals surface area contributed by atoms with Crippen LogP contribution >= 0.6 is 11.6 Å². The van der Waals surface area contributed by atoms with E-state index in [0.717, 1.165) is 0 Å². The van der Waals surface area contributed by atoms with Crippen LogP contribution in [0.5, 0.6) is 0 Å². The molecule has 144 valence electrons. The highest BCUT2D eigenvalue weighted by atomic mass is 35.5. The van der Waals surface area contributed by atoms with Crippen LogP contribution in [0.4, 0.5) is 4.39 Å². The molecule has 0 spiro atoms. The van der Waals surface area contributed by atoms with Crippen LogP contribution in [0.1, 0.15) is 16.1 Å². The molecule has 8 heteroatoms. The summed E-state index contributed by atoms with van der Waals surface area (Å²) in [5.41, 5.74) is 2.26. The molecule has 0 aliphatic heterocycles. The van der Waals surface area contributed by atoms with Crippen molar-refractivity contribution in [3.63, 3.8) is 0 Å². The molecule has 1 N–H and O–H groups in total. The van der Waals surface area contributed by atoms with E-state index in [2.05, 4.69) is 20.6 Å². The zero-order chi connectivity index (χ0) is 20.2. The molecule has 0 saturated heterocycles. The van der Waals surface area contributed by atoms with Gasteiger partial charge in [0.05, 0.1) is 5.69 Å². The number of benzene rings is 2. The summed E-state index contributed by atoms with van der Waals surface area (Å²) < 4.78 is 15.4. The average molecular weight is 408 g/mol. The largest absolute Gasteiger partial charge is 0.346 e. The molecule has 0 saturated carbocycles. The van der Waals surface area contributed by atoms with E-state index in [4.69, 9.17) is 11.6 Å². The average Bonchev–Trinajstić information content (AvgIpc) is 3.19. The van der Waals surface area contributed by atoms with Gasteiger partial charge in [-0.1, -0.05) is 41.1 Å². The van der Waals surface area contributed by atoms with Gasteiger partial charge in [0.15, 0.2) is 5.69 Å². The minimum Gasteiger partial charge on any atom is -0.346 e. The molecular weight excluding hydrogens is 393 g/mol. The number of nitrogens with zero attached hydrogens (tertiary/aromatic N) is 4. The molecule has 4 rings (SSSR count). The Morgan fingerprint density at radius 1 is 1.10 bits per heavy atom. The monoisotopic (exact) mass is 407 g/mol. The van der Waals surface area contributed by atoms with Crippen molar-refractivity contribution in [1.82, 2.24) is 25.3 Å². The summed E-state index contributed by atoms with van der Waals surface area (Å²) in [6.07, 6.45) is 3.25. The fourth-order valence-corrected chi connectivity index (χ4v) is 3.07. The maximum atomic E-state index is 13.8. The number of rotatable bonds is 5. The van der Waals surface area contributed by atoms with Gasteiger partial charge in [0.2, 0.25) is 0 Å². The van der Waals surface area contributed by atoms with Gasteiger partial charge >= 0.3 is 0 Å². The molecule has 0 radical (unpaired) electrons. The molecule has 1 amide bonds. The van der Waals surface area contributed by atoms with Crippen molar-refractivity contribution < 1.29 is 9.18 Å². The molecule has 2 aromatic carbocycles. The van der Waals surface area contributed by atoms with Gasteiger partial charge in [-0.3, -0.25) is 9.78 Å². The van der Waals surface area contributed by atoms with E-state index in [0.29, 0.717) is 27.5 Å². The normalized spacial score (nSPS) is 10.7. The van der Waals surface area contributed by atoms with Gasteiger partial charge in [-0.05, 0) is 36.4 Å². The summed E-state index contributed by atoms with van der Waals surface area (Å²) in [7, 11) is 0. The number of pyridine rings is 1. The highest BCUT2D eigenvalue weighted by Gasteiger charge is 2.22. The summed E-state index contributed by atoms with van der Waals surface area (Å²) >= 11 is 6.11. The molecule has 2 heterocycles. The van der Waals surface area contributed by atoms with E-state index >= 15 is 0 Å². The van der Waals surface area contributed by atoms with Gasteiger partial charge in [0, 0.05) is 35.1 Å². The summed E-state index contributed by atoms with van der Waals surface area (Å²) in [6.45, 7) is 0.0298. The van der Waals surface area contributed by atoms with Crippen molar-refractivity contribution >= 4 is 17.5 Å². The topological polar surface area (TPSA) is 72.7 Å². The highest BCUT2D eigenvalue weighted by molar-refractivity contribution is 6.30. The molecule has 2 aromatic heterocycles. The molecule has 4 aromatic rings. The summed E-state index contributed by atoms with van der Waals surface area (Å²) in [4.78, 5) is 17.0. The number of carbonyl (C=O) groups excluding carboxylic acids is 1. The number of nitrogens with one attached hydrogen (secondary N) is 1. The molecule has 6 nitrogen and oxygen atoms in total. The van der Waals surface area contributed by atoms with Gasteiger partial charge in [-0.2, -0.15) is 0 Å². The number of aromatic nitrogens is 4. The number of hydrogen-bond donors (Lipinski definition) is 1. The third-order valence-corrected chi connectivity index (χ3v) is 4.51. The predicted octanol–water partition coefficient (Wildman–Crippen LogP) is 4.05. The Morgan fingerprint density at radius 2 is 1.97 bits per heavy atom. The molecule has 0 aliphatic rings. The van der Waals surface area contributed by atoms with E-state index in [9.17, 15) is 9.18 Å². The SMILES string of the molecule is O=C(NCc1ccccc1F)c1nnn(-c2cccc(Cl)c2)c1-c1cccnc1. The number of halogens is 2. The van der Waals surface area contributed by atoms with Crippen LogP contribution in [0, 0.1) is 5.82 Å². The summed E-state index contributed by atoms with van der Waals surface area (Å²) in [6, 6.07) is 16.9. The first-order valence-corrected chi connectivity index (χ1v) is 9.15. The summed E-state index contributed by atoms with van der Waals surface area (Å²) in [5.74, 6) is -0.858. The van der Waals surface area contributed by atoms with Gasteiger partial charge in [0.1, 0.15) is 11.5 Å². The zero-order valence-corrected chi connectivity index (χ0v) is 15.8. The standard InChI is InChI=1S/C21H15ClFN5O/c22-16-7-3-8-17(11-16)28-20(15-6-4-10-24-12-15)19(26-27-28)21(29)25-13-14-5-1-2-9-18(14)23/h1-12H,13H2,(H,25,29). The molecule has 0 atom stereocenters. The van der Waals surface area contributed by atoms with E-state index < -0.39 is 5.91 Å². The van der Waals surface area contributed by atoms with E-state index in [1.165, 1.54) is 10.7 Å². The number of amides is 1. The smallest absolute Gasteiger partial charge is 0.274 e. The molecule has 0 fully saturated rings. The Labute approximate surface area is 171 Å². The quantitative estimate of drug-likeness (QED) is 0.541.